The van der Waals surface area contributed by atoms with E-state index in [-0.39, 0.29) is 5.54 Å². The van der Waals surface area contributed by atoms with Gasteiger partial charge in [0.05, 0.1) is 0 Å². The fraction of sp³-hybridized carbons (Fsp3) is 0.571. The van der Waals surface area contributed by atoms with Gasteiger partial charge in [0.15, 0.2) is 0 Å². The van der Waals surface area contributed by atoms with Gasteiger partial charge in [-0.25, -0.2) is 0 Å². The minimum absolute atomic E-state index is 0.0964. The summed E-state index contributed by atoms with van der Waals surface area (Å²) in [6.07, 6.45) is 5.43. The Morgan fingerprint density at radius 1 is 1.29 bits per heavy atom. The SMILES string of the molecule is CC1CCC(N)(Cc2cc(Cl)ccc2Cl)CC1. The minimum atomic E-state index is -0.0964. The molecule has 2 N–H and O–H groups in total. The van der Waals surface area contributed by atoms with Crippen LogP contribution in [0.15, 0.2) is 18.2 Å². The molecule has 0 aliphatic heterocycles. The van der Waals surface area contributed by atoms with Crippen molar-refractivity contribution >= 4 is 23.2 Å². The molecule has 17 heavy (non-hydrogen) atoms. The summed E-state index contributed by atoms with van der Waals surface area (Å²) in [4.78, 5) is 0. The first kappa shape index (κ1) is 13.2. The standard InChI is InChI=1S/C14H19Cl2N/c1-10-4-6-14(17,7-5-10)9-11-8-12(15)2-3-13(11)16/h2-3,8,10H,4-7,9,17H2,1H3. The molecule has 1 aliphatic carbocycles. The van der Waals surface area contributed by atoms with Crippen LogP contribution in [-0.2, 0) is 6.42 Å². The van der Waals surface area contributed by atoms with Gasteiger partial charge in [-0.05, 0) is 61.8 Å². The molecule has 94 valence electrons. The van der Waals surface area contributed by atoms with Crippen molar-refractivity contribution in [1.82, 2.24) is 0 Å². The van der Waals surface area contributed by atoms with Crippen LogP contribution in [0.4, 0.5) is 0 Å². The van der Waals surface area contributed by atoms with Gasteiger partial charge in [-0.15, -0.1) is 0 Å². The summed E-state index contributed by atoms with van der Waals surface area (Å²) in [7, 11) is 0. The van der Waals surface area contributed by atoms with Crippen molar-refractivity contribution in [2.75, 3.05) is 0 Å². The fourth-order valence-corrected chi connectivity index (χ4v) is 2.95. The molecule has 1 aliphatic rings. The topological polar surface area (TPSA) is 26.0 Å². The third kappa shape index (κ3) is 3.37. The van der Waals surface area contributed by atoms with Crippen LogP contribution in [-0.4, -0.2) is 5.54 Å². The van der Waals surface area contributed by atoms with Crippen molar-refractivity contribution in [1.29, 1.82) is 0 Å². The van der Waals surface area contributed by atoms with Crippen LogP contribution in [0.2, 0.25) is 10.0 Å². The summed E-state index contributed by atoms with van der Waals surface area (Å²) in [6.45, 7) is 2.30. The first-order valence-electron chi connectivity index (χ1n) is 6.21. The summed E-state index contributed by atoms with van der Waals surface area (Å²) in [6, 6.07) is 5.62. The summed E-state index contributed by atoms with van der Waals surface area (Å²) < 4.78 is 0. The van der Waals surface area contributed by atoms with E-state index < -0.39 is 0 Å². The van der Waals surface area contributed by atoms with Crippen molar-refractivity contribution in [3.05, 3.63) is 33.8 Å². The van der Waals surface area contributed by atoms with Gasteiger partial charge in [0.2, 0.25) is 0 Å². The van der Waals surface area contributed by atoms with E-state index in [1.165, 1.54) is 12.8 Å². The second-order valence-electron chi connectivity index (χ2n) is 5.46. The van der Waals surface area contributed by atoms with Gasteiger partial charge in [-0.2, -0.15) is 0 Å². The second-order valence-corrected chi connectivity index (χ2v) is 6.30. The Labute approximate surface area is 113 Å². The molecule has 1 aromatic rings. The molecule has 0 amide bonds. The number of hydrogen-bond acceptors (Lipinski definition) is 1. The lowest BCUT2D eigenvalue weighted by Crippen LogP contribution is -2.45. The molecule has 0 saturated heterocycles. The average Bonchev–Trinajstić information content (AvgIpc) is 2.28. The Morgan fingerprint density at radius 3 is 2.59 bits per heavy atom. The number of nitrogens with two attached hydrogens (primary N) is 1. The lowest BCUT2D eigenvalue weighted by atomic mass is 9.75. The van der Waals surface area contributed by atoms with Crippen LogP contribution in [0.1, 0.15) is 38.2 Å². The molecule has 0 aromatic heterocycles. The monoisotopic (exact) mass is 271 g/mol. The highest BCUT2D eigenvalue weighted by molar-refractivity contribution is 6.33. The zero-order valence-corrected chi connectivity index (χ0v) is 11.7. The maximum Gasteiger partial charge on any atom is 0.0439 e. The summed E-state index contributed by atoms with van der Waals surface area (Å²) in [5.41, 5.74) is 7.45. The van der Waals surface area contributed by atoms with Gasteiger partial charge >= 0.3 is 0 Å². The molecule has 0 spiro atoms. The molecule has 1 aromatic carbocycles. The minimum Gasteiger partial charge on any atom is -0.325 e. The lowest BCUT2D eigenvalue weighted by Gasteiger charge is -2.36. The normalized spacial score (nSPS) is 29.3. The third-order valence-electron chi connectivity index (χ3n) is 3.82. The zero-order valence-electron chi connectivity index (χ0n) is 10.2. The molecule has 0 unspecified atom stereocenters. The van der Waals surface area contributed by atoms with Gasteiger partial charge < -0.3 is 5.73 Å². The molecular formula is C14H19Cl2N. The molecule has 0 heterocycles. The molecule has 2 rings (SSSR count). The lowest BCUT2D eigenvalue weighted by molar-refractivity contribution is 0.243. The molecule has 3 heteroatoms. The third-order valence-corrected chi connectivity index (χ3v) is 4.42. The predicted octanol–water partition coefficient (Wildman–Crippen LogP) is 4.44. The Balaban J connectivity index is 2.12. The Morgan fingerprint density at radius 2 is 1.94 bits per heavy atom. The number of halogens is 2. The van der Waals surface area contributed by atoms with Crippen LogP contribution < -0.4 is 5.73 Å². The van der Waals surface area contributed by atoms with E-state index in [1.54, 1.807) is 0 Å². The number of rotatable bonds is 2. The molecule has 0 radical (unpaired) electrons. The van der Waals surface area contributed by atoms with Crippen LogP contribution >= 0.6 is 23.2 Å². The van der Waals surface area contributed by atoms with Crippen molar-refractivity contribution in [2.24, 2.45) is 11.7 Å². The van der Waals surface area contributed by atoms with Crippen LogP contribution in [0, 0.1) is 5.92 Å². The maximum atomic E-state index is 6.47. The highest BCUT2D eigenvalue weighted by Gasteiger charge is 2.30. The van der Waals surface area contributed by atoms with E-state index in [2.05, 4.69) is 6.92 Å². The maximum absolute atomic E-state index is 6.47. The summed E-state index contributed by atoms with van der Waals surface area (Å²) >= 11 is 12.2. The molecule has 1 fully saturated rings. The smallest absolute Gasteiger partial charge is 0.0439 e. The van der Waals surface area contributed by atoms with Gasteiger partial charge in [0, 0.05) is 15.6 Å². The molecular weight excluding hydrogens is 253 g/mol. The van der Waals surface area contributed by atoms with Gasteiger partial charge in [0.25, 0.3) is 0 Å². The molecule has 1 saturated carbocycles. The summed E-state index contributed by atoms with van der Waals surface area (Å²) in [5.74, 6) is 0.807. The van der Waals surface area contributed by atoms with Crippen LogP contribution in [0.25, 0.3) is 0 Å². The average molecular weight is 272 g/mol. The molecule has 1 nitrogen and oxygen atoms in total. The molecule has 0 bridgehead atoms. The van der Waals surface area contributed by atoms with E-state index in [4.69, 9.17) is 28.9 Å². The zero-order chi connectivity index (χ0) is 12.5. The first-order valence-corrected chi connectivity index (χ1v) is 6.97. The van der Waals surface area contributed by atoms with Gasteiger partial charge in [0.1, 0.15) is 0 Å². The van der Waals surface area contributed by atoms with Gasteiger partial charge in [-0.1, -0.05) is 30.1 Å². The van der Waals surface area contributed by atoms with Crippen LogP contribution in [0.5, 0.6) is 0 Å². The van der Waals surface area contributed by atoms with Crippen molar-refractivity contribution in [3.8, 4) is 0 Å². The first-order chi connectivity index (χ1) is 7.98. The highest BCUT2D eigenvalue weighted by atomic mass is 35.5. The fourth-order valence-electron chi connectivity index (χ4n) is 2.57. The Hall–Kier alpha value is -0.240. The predicted molar refractivity (Wildman–Crippen MR) is 74.7 cm³/mol. The largest absolute Gasteiger partial charge is 0.325 e. The Kier molecular flexibility index (Phi) is 4.02. The Bertz CT molecular complexity index is 395. The van der Waals surface area contributed by atoms with E-state index in [9.17, 15) is 0 Å². The molecule has 0 atom stereocenters. The van der Waals surface area contributed by atoms with Gasteiger partial charge in [-0.3, -0.25) is 0 Å². The van der Waals surface area contributed by atoms with E-state index in [0.717, 1.165) is 40.8 Å². The van der Waals surface area contributed by atoms with Crippen LogP contribution in [0.3, 0.4) is 0 Å². The number of benzene rings is 1. The quantitative estimate of drug-likeness (QED) is 0.846. The van der Waals surface area contributed by atoms with Crippen molar-refractivity contribution in [3.63, 3.8) is 0 Å². The van der Waals surface area contributed by atoms with E-state index >= 15 is 0 Å². The van der Waals surface area contributed by atoms with E-state index in [0.29, 0.717) is 0 Å². The second kappa shape index (κ2) is 5.17. The van der Waals surface area contributed by atoms with Crippen molar-refractivity contribution in [2.45, 2.75) is 44.6 Å². The highest BCUT2D eigenvalue weighted by Crippen LogP contribution is 2.34. The van der Waals surface area contributed by atoms with E-state index in [1.807, 2.05) is 18.2 Å². The number of hydrogen-bond donors (Lipinski definition) is 1. The summed E-state index contributed by atoms with van der Waals surface area (Å²) in [5, 5.41) is 1.51. The van der Waals surface area contributed by atoms with Crippen molar-refractivity contribution < 1.29 is 0 Å².